The molecule has 1 N–H and O–H groups in total. The van der Waals surface area contributed by atoms with Crippen molar-refractivity contribution in [3.05, 3.63) is 59.9 Å². The van der Waals surface area contributed by atoms with Crippen LogP contribution in [-0.2, 0) is 11.3 Å². The Kier molecular flexibility index (Phi) is 5.47. The standard InChI is InChI=1S/C20H24N2O2/c1-24-18-10-8-17(9-11-18)19(16-6-2-3-7-16)20(23)22-14-15-5-4-12-21-13-15/h4-5,8-13,16,19H,2-3,6-7,14H2,1H3,(H,22,23). The van der Waals surface area contributed by atoms with Gasteiger partial charge in [0.05, 0.1) is 13.0 Å². The number of pyridine rings is 1. The number of methoxy groups -OCH3 is 1. The fourth-order valence-electron chi connectivity index (χ4n) is 3.54. The highest BCUT2D eigenvalue weighted by Gasteiger charge is 2.31. The summed E-state index contributed by atoms with van der Waals surface area (Å²) in [5, 5.41) is 3.09. The molecule has 0 radical (unpaired) electrons. The van der Waals surface area contributed by atoms with E-state index in [1.807, 2.05) is 36.4 Å². The number of rotatable bonds is 6. The zero-order chi connectivity index (χ0) is 16.8. The molecule has 1 saturated carbocycles. The average molecular weight is 324 g/mol. The van der Waals surface area contributed by atoms with Crippen LogP contribution < -0.4 is 10.1 Å². The van der Waals surface area contributed by atoms with Gasteiger partial charge >= 0.3 is 0 Å². The van der Waals surface area contributed by atoms with Crippen molar-refractivity contribution in [2.24, 2.45) is 5.92 Å². The summed E-state index contributed by atoms with van der Waals surface area (Å²) in [4.78, 5) is 17.0. The van der Waals surface area contributed by atoms with E-state index in [0.29, 0.717) is 12.5 Å². The molecule has 1 aromatic carbocycles. The van der Waals surface area contributed by atoms with Gasteiger partial charge in [-0.2, -0.15) is 0 Å². The molecule has 0 bridgehead atoms. The Morgan fingerprint density at radius 2 is 2.00 bits per heavy atom. The Bertz CT molecular complexity index is 649. The van der Waals surface area contributed by atoms with Crippen LogP contribution in [0.5, 0.6) is 5.75 Å². The summed E-state index contributed by atoms with van der Waals surface area (Å²) in [5.74, 6) is 1.26. The molecule has 1 fully saturated rings. The number of aromatic nitrogens is 1. The van der Waals surface area contributed by atoms with Crippen molar-refractivity contribution in [1.82, 2.24) is 10.3 Å². The minimum atomic E-state index is -0.0879. The molecule has 0 spiro atoms. The van der Waals surface area contributed by atoms with Crippen molar-refractivity contribution in [3.8, 4) is 5.75 Å². The minimum Gasteiger partial charge on any atom is -0.497 e. The first-order chi connectivity index (χ1) is 11.8. The largest absolute Gasteiger partial charge is 0.497 e. The molecule has 1 aliphatic carbocycles. The zero-order valence-electron chi connectivity index (χ0n) is 14.1. The van der Waals surface area contributed by atoms with Crippen molar-refractivity contribution in [1.29, 1.82) is 0 Å². The Balaban J connectivity index is 1.74. The molecule has 126 valence electrons. The van der Waals surface area contributed by atoms with Gasteiger partial charge in [0.25, 0.3) is 0 Å². The molecule has 1 amide bonds. The molecule has 2 aromatic rings. The van der Waals surface area contributed by atoms with Crippen LogP contribution in [0.1, 0.15) is 42.7 Å². The summed E-state index contributed by atoms with van der Waals surface area (Å²) >= 11 is 0. The monoisotopic (exact) mass is 324 g/mol. The van der Waals surface area contributed by atoms with Crippen LogP contribution >= 0.6 is 0 Å². The van der Waals surface area contributed by atoms with Gasteiger partial charge in [0.15, 0.2) is 0 Å². The van der Waals surface area contributed by atoms with Crippen LogP contribution in [0.25, 0.3) is 0 Å². The Labute approximate surface area is 143 Å². The highest BCUT2D eigenvalue weighted by molar-refractivity contribution is 5.84. The molecule has 0 saturated heterocycles. The Morgan fingerprint density at radius 3 is 2.62 bits per heavy atom. The molecule has 1 atom stereocenters. The van der Waals surface area contributed by atoms with Gasteiger partial charge in [0.1, 0.15) is 5.75 Å². The number of amides is 1. The number of hydrogen-bond donors (Lipinski definition) is 1. The van der Waals surface area contributed by atoms with E-state index in [0.717, 1.165) is 29.7 Å². The third-order valence-electron chi connectivity index (χ3n) is 4.82. The van der Waals surface area contributed by atoms with Crippen molar-refractivity contribution in [2.45, 2.75) is 38.1 Å². The molecule has 1 aromatic heterocycles. The van der Waals surface area contributed by atoms with Crippen molar-refractivity contribution >= 4 is 5.91 Å². The van der Waals surface area contributed by atoms with Crippen LogP contribution in [-0.4, -0.2) is 18.0 Å². The fourth-order valence-corrected chi connectivity index (χ4v) is 3.54. The summed E-state index contributed by atoms with van der Waals surface area (Å²) < 4.78 is 5.23. The lowest BCUT2D eigenvalue weighted by Crippen LogP contribution is -2.32. The van der Waals surface area contributed by atoms with Gasteiger partial charge in [-0.05, 0) is 48.1 Å². The SMILES string of the molecule is COc1ccc(C(C(=O)NCc2cccnc2)C2CCCC2)cc1. The molecule has 1 heterocycles. The molecule has 4 nitrogen and oxygen atoms in total. The fraction of sp³-hybridized carbons (Fsp3) is 0.400. The quantitative estimate of drug-likeness (QED) is 0.882. The summed E-state index contributed by atoms with van der Waals surface area (Å²) in [5.41, 5.74) is 2.09. The maximum atomic E-state index is 12.9. The summed E-state index contributed by atoms with van der Waals surface area (Å²) in [6.45, 7) is 0.520. The first-order valence-corrected chi connectivity index (χ1v) is 8.58. The van der Waals surface area contributed by atoms with Crippen molar-refractivity contribution in [2.75, 3.05) is 7.11 Å². The number of nitrogens with zero attached hydrogens (tertiary/aromatic N) is 1. The zero-order valence-corrected chi connectivity index (χ0v) is 14.1. The van der Waals surface area contributed by atoms with Gasteiger partial charge in [0, 0.05) is 18.9 Å². The molecule has 24 heavy (non-hydrogen) atoms. The van der Waals surface area contributed by atoms with E-state index < -0.39 is 0 Å². The van der Waals surface area contributed by atoms with Gasteiger partial charge in [-0.25, -0.2) is 0 Å². The molecule has 0 aliphatic heterocycles. The van der Waals surface area contributed by atoms with E-state index in [1.165, 1.54) is 12.8 Å². The van der Waals surface area contributed by atoms with E-state index in [2.05, 4.69) is 10.3 Å². The lowest BCUT2D eigenvalue weighted by atomic mass is 9.84. The first kappa shape index (κ1) is 16.5. The van der Waals surface area contributed by atoms with E-state index in [1.54, 1.807) is 19.5 Å². The summed E-state index contributed by atoms with van der Waals surface area (Å²) in [6.07, 6.45) is 8.21. The maximum Gasteiger partial charge on any atom is 0.228 e. The lowest BCUT2D eigenvalue weighted by Gasteiger charge is -2.23. The van der Waals surface area contributed by atoms with Crippen molar-refractivity contribution in [3.63, 3.8) is 0 Å². The summed E-state index contributed by atoms with van der Waals surface area (Å²) in [6, 6.07) is 11.8. The second kappa shape index (κ2) is 7.95. The number of hydrogen-bond acceptors (Lipinski definition) is 3. The third-order valence-corrected chi connectivity index (χ3v) is 4.82. The smallest absolute Gasteiger partial charge is 0.228 e. The maximum absolute atomic E-state index is 12.9. The summed E-state index contributed by atoms with van der Waals surface area (Å²) in [7, 11) is 1.66. The molecule has 3 rings (SSSR count). The second-order valence-corrected chi connectivity index (χ2v) is 6.37. The highest BCUT2D eigenvalue weighted by Crippen LogP contribution is 2.38. The molecule has 1 unspecified atom stereocenters. The molecular weight excluding hydrogens is 300 g/mol. The molecule has 4 heteroatoms. The minimum absolute atomic E-state index is 0.0879. The van der Waals surface area contributed by atoms with Crippen LogP contribution in [0.4, 0.5) is 0 Å². The van der Waals surface area contributed by atoms with Gasteiger partial charge in [0.2, 0.25) is 5.91 Å². The number of carbonyl (C=O) groups is 1. The van der Waals surface area contributed by atoms with Crippen molar-refractivity contribution < 1.29 is 9.53 Å². The van der Waals surface area contributed by atoms with E-state index in [4.69, 9.17) is 4.74 Å². The number of nitrogens with one attached hydrogen (secondary N) is 1. The van der Waals surface area contributed by atoms with E-state index in [-0.39, 0.29) is 11.8 Å². The Morgan fingerprint density at radius 1 is 1.25 bits per heavy atom. The van der Waals surface area contributed by atoms with Crippen LogP contribution in [0.2, 0.25) is 0 Å². The van der Waals surface area contributed by atoms with E-state index in [9.17, 15) is 4.79 Å². The molecule has 1 aliphatic rings. The third kappa shape index (κ3) is 3.94. The highest BCUT2D eigenvalue weighted by atomic mass is 16.5. The van der Waals surface area contributed by atoms with Crippen LogP contribution in [0.3, 0.4) is 0 Å². The normalized spacial score (nSPS) is 15.9. The topological polar surface area (TPSA) is 51.2 Å². The number of benzene rings is 1. The molecular formula is C20H24N2O2. The second-order valence-electron chi connectivity index (χ2n) is 6.37. The van der Waals surface area contributed by atoms with Gasteiger partial charge < -0.3 is 10.1 Å². The first-order valence-electron chi connectivity index (χ1n) is 8.58. The number of ether oxygens (including phenoxy) is 1. The van der Waals surface area contributed by atoms with Gasteiger partial charge in [-0.15, -0.1) is 0 Å². The average Bonchev–Trinajstić information content (AvgIpc) is 3.16. The van der Waals surface area contributed by atoms with Crippen LogP contribution in [0.15, 0.2) is 48.8 Å². The van der Waals surface area contributed by atoms with Gasteiger partial charge in [-0.1, -0.05) is 31.0 Å². The Hall–Kier alpha value is -2.36. The van der Waals surface area contributed by atoms with E-state index >= 15 is 0 Å². The predicted molar refractivity (Wildman–Crippen MR) is 93.8 cm³/mol. The van der Waals surface area contributed by atoms with Crippen LogP contribution in [0, 0.1) is 5.92 Å². The number of carbonyl (C=O) groups excluding carboxylic acids is 1. The predicted octanol–water partition coefficient (Wildman–Crippen LogP) is 3.68. The van der Waals surface area contributed by atoms with Gasteiger partial charge in [-0.3, -0.25) is 9.78 Å². The lowest BCUT2D eigenvalue weighted by molar-refractivity contribution is -0.123.